The van der Waals surface area contributed by atoms with Gasteiger partial charge in [-0.05, 0) is 6.07 Å². The summed E-state index contributed by atoms with van der Waals surface area (Å²) in [6.07, 6.45) is 1.25. The summed E-state index contributed by atoms with van der Waals surface area (Å²) >= 11 is 5.84. The highest BCUT2D eigenvalue weighted by Gasteiger charge is 2.19. The minimum Gasteiger partial charge on any atom is -0.489 e. The molecule has 8 nitrogen and oxygen atoms in total. The van der Waals surface area contributed by atoms with E-state index in [-0.39, 0.29) is 22.4 Å². The summed E-state index contributed by atoms with van der Waals surface area (Å²) < 4.78 is 4.85. The molecule has 0 saturated heterocycles. The Morgan fingerprint density at radius 1 is 1.72 bits per heavy atom. The van der Waals surface area contributed by atoms with Crippen LogP contribution >= 0.6 is 11.6 Å². The van der Waals surface area contributed by atoms with Gasteiger partial charge in [0.2, 0.25) is 11.7 Å². The van der Waals surface area contributed by atoms with Crippen molar-refractivity contribution in [2.45, 2.75) is 0 Å². The number of hydrazone groups is 1. The molecule has 18 heavy (non-hydrogen) atoms. The molecule has 0 aliphatic carbocycles. The quantitative estimate of drug-likeness (QED) is 0.327. The second-order valence-corrected chi connectivity index (χ2v) is 3.50. The van der Waals surface area contributed by atoms with Crippen molar-refractivity contribution in [3.63, 3.8) is 0 Å². The van der Waals surface area contributed by atoms with Crippen molar-refractivity contribution in [1.82, 2.24) is 5.43 Å². The van der Waals surface area contributed by atoms with Gasteiger partial charge in [-0.15, -0.1) is 0 Å². The Kier molecular flexibility index (Phi) is 4.44. The van der Waals surface area contributed by atoms with E-state index in [9.17, 15) is 10.1 Å². The lowest BCUT2D eigenvalue weighted by Gasteiger charge is -2.04. The number of nitrogens with zero attached hydrogens (tertiary/aromatic N) is 2. The van der Waals surface area contributed by atoms with Gasteiger partial charge in [-0.2, -0.15) is 5.10 Å². The molecular weight excluding hydrogens is 262 g/mol. The number of nitro benzene ring substituents is 1. The lowest BCUT2D eigenvalue weighted by molar-refractivity contribution is -0.385. The maximum atomic E-state index is 10.8. The maximum Gasteiger partial charge on any atom is 0.313 e. The van der Waals surface area contributed by atoms with Crippen LogP contribution in [-0.2, 0) is 0 Å². The molecule has 96 valence electrons. The molecule has 0 aliphatic rings. The molecular formula is C9H10ClN5O3. The number of hydrogen-bond acceptors (Lipinski definition) is 5. The van der Waals surface area contributed by atoms with E-state index in [1.165, 1.54) is 25.5 Å². The van der Waals surface area contributed by atoms with Crippen molar-refractivity contribution < 1.29 is 9.66 Å². The largest absolute Gasteiger partial charge is 0.489 e. The number of nitrogens with one attached hydrogen (secondary N) is 2. The summed E-state index contributed by atoms with van der Waals surface area (Å²) in [5.41, 5.74) is 7.30. The predicted octanol–water partition coefficient (Wildman–Crippen LogP) is 1.07. The minimum atomic E-state index is -0.611. The molecule has 0 saturated carbocycles. The van der Waals surface area contributed by atoms with Crippen LogP contribution in [0.15, 0.2) is 17.2 Å². The molecule has 1 rings (SSSR count). The third-order valence-corrected chi connectivity index (χ3v) is 2.13. The summed E-state index contributed by atoms with van der Waals surface area (Å²) in [4.78, 5) is 10.2. The average molecular weight is 272 g/mol. The van der Waals surface area contributed by atoms with Gasteiger partial charge in [0.15, 0.2) is 0 Å². The molecule has 4 N–H and O–H groups in total. The van der Waals surface area contributed by atoms with Gasteiger partial charge in [0.25, 0.3) is 0 Å². The van der Waals surface area contributed by atoms with E-state index in [0.29, 0.717) is 5.56 Å². The van der Waals surface area contributed by atoms with Crippen LogP contribution in [0.3, 0.4) is 0 Å². The first-order valence-corrected chi connectivity index (χ1v) is 4.98. The third kappa shape index (κ3) is 3.32. The van der Waals surface area contributed by atoms with E-state index < -0.39 is 4.92 Å². The van der Waals surface area contributed by atoms with E-state index >= 15 is 0 Å². The Morgan fingerprint density at radius 3 is 2.89 bits per heavy atom. The van der Waals surface area contributed by atoms with Gasteiger partial charge in [-0.25, -0.2) is 5.43 Å². The zero-order chi connectivity index (χ0) is 13.7. The number of nitro groups is 1. The van der Waals surface area contributed by atoms with Crippen LogP contribution in [0.4, 0.5) is 5.69 Å². The molecule has 9 heteroatoms. The molecule has 0 amide bonds. The van der Waals surface area contributed by atoms with Gasteiger partial charge in [0.05, 0.1) is 23.3 Å². The Bertz CT molecular complexity index is 517. The van der Waals surface area contributed by atoms with Crippen molar-refractivity contribution in [1.29, 1.82) is 5.41 Å². The molecule has 1 aromatic rings. The van der Waals surface area contributed by atoms with Crippen molar-refractivity contribution in [3.05, 3.63) is 32.8 Å². The van der Waals surface area contributed by atoms with Crippen LogP contribution < -0.4 is 15.9 Å². The SMILES string of the molecule is COc1c(Cl)cc(C=NNC(=N)N)cc1[N+](=O)[O-]. The van der Waals surface area contributed by atoms with E-state index in [4.69, 9.17) is 27.5 Å². The van der Waals surface area contributed by atoms with Crippen LogP contribution in [0.5, 0.6) is 5.75 Å². The second kappa shape index (κ2) is 5.82. The smallest absolute Gasteiger partial charge is 0.313 e. The van der Waals surface area contributed by atoms with Gasteiger partial charge in [-0.3, -0.25) is 15.5 Å². The fourth-order valence-corrected chi connectivity index (χ4v) is 1.49. The van der Waals surface area contributed by atoms with E-state index in [1.807, 2.05) is 0 Å². The van der Waals surface area contributed by atoms with Gasteiger partial charge in [0.1, 0.15) is 0 Å². The Morgan fingerprint density at radius 2 is 2.39 bits per heavy atom. The predicted molar refractivity (Wildman–Crippen MR) is 67.3 cm³/mol. The summed E-state index contributed by atoms with van der Waals surface area (Å²) in [6.45, 7) is 0. The van der Waals surface area contributed by atoms with Crippen LogP contribution in [0.25, 0.3) is 0 Å². The molecule has 0 fully saturated rings. The molecule has 0 spiro atoms. The molecule has 1 aromatic carbocycles. The minimum absolute atomic E-state index is 0.0154. The summed E-state index contributed by atoms with van der Waals surface area (Å²) in [5.74, 6) is -0.362. The maximum absolute atomic E-state index is 10.8. The molecule has 0 aromatic heterocycles. The zero-order valence-corrected chi connectivity index (χ0v) is 10.1. The lowest BCUT2D eigenvalue weighted by Crippen LogP contribution is -2.25. The fraction of sp³-hybridized carbons (Fsp3) is 0.111. The van der Waals surface area contributed by atoms with Crippen molar-refractivity contribution in [3.8, 4) is 5.75 Å². The van der Waals surface area contributed by atoms with Crippen molar-refractivity contribution in [2.24, 2.45) is 10.8 Å². The van der Waals surface area contributed by atoms with Crippen molar-refractivity contribution in [2.75, 3.05) is 7.11 Å². The summed E-state index contributed by atoms with van der Waals surface area (Å²) in [6, 6.07) is 2.69. The first-order valence-electron chi connectivity index (χ1n) is 4.60. The average Bonchev–Trinajstić information content (AvgIpc) is 2.27. The molecule has 0 radical (unpaired) electrons. The fourth-order valence-electron chi connectivity index (χ4n) is 1.19. The van der Waals surface area contributed by atoms with E-state index in [0.717, 1.165) is 0 Å². The first kappa shape index (κ1) is 13.7. The number of ether oxygens (including phenoxy) is 1. The summed E-state index contributed by atoms with van der Waals surface area (Å²) in [5, 5.41) is 21.4. The summed E-state index contributed by atoms with van der Waals surface area (Å²) in [7, 11) is 1.29. The highest BCUT2D eigenvalue weighted by molar-refractivity contribution is 6.32. The van der Waals surface area contributed by atoms with Crippen LogP contribution in [-0.4, -0.2) is 24.2 Å². The Hall–Kier alpha value is -2.35. The van der Waals surface area contributed by atoms with Crippen LogP contribution in [0.2, 0.25) is 5.02 Å². The Labute approximate surface area is 107 Å². The molecule has 0 aliphatic heterocycles. The van der Waals surface area contributed by atoms with Gasteiger partial charge < -0.3 is 10.5 Å². The molecule has 0 unspecified atom stereocenters. The third-order valence-electron chi connectivity index (χ3n) is 1.85. The van der Waals surface area contributed by atoms with Gasteiger partial charge in [0, 0.05) is 11.6 Å². The zero-order valence-electron chi connectivity index (χ0n) is 9.31. The molecule has 0 bridgehead atoms. The lowest BCUT2D eigenvalue weighted by atomic mass is 10.2. The number of halogens is 1. The topological polar surface area (TPSA) is 127 Å². The van der Waals surface area contributed by atoms with Crippen LogP contribution in [0.1, 0.15) is 5.56 Å². The number of rotatable bonds is 4. The van der Waals surface area contributed by atoms with Crippen molar-refractivity contribution >= 4 is 29.5 Å². The highest BCUT2D eigenvalue weighted by Crippen LogP contribution is 2.35. The Balaban J connectivity index is 3.13. The van der Waals surface area contributed by atoms with E-state index in [2.05, 4.69) is 10.5 Å². The first-order chi connectivity index (χ1) is 8.45. The highest BCUT2D eigenvalue weighted by atomic mass is 35.5. The number of nitrogens with two attached hydrogens (primary N) is 1. The number of guanidine groups is 1. The number of benzene rings is 1. The molecule has 0 heterocycles. The monoisotopic (exact) mass is 271 g/mol. The van der Waals surface area contributed by atoms with E-state index in [1.54, 1.807) is 0 Å². The molecule has 0 atom stereocenters. The van der Waals surface area contributed by atoms with Gasteiger partial charge >= 0.3 is 5.69 Å². The number of hydrogen-bond donors (Lipinski definition) is 3. The second-order valence-electron chi connectivity index (χ2n) is 3.10. The normalized spacial score (nSPS) is 10.3. The standard InChI is InChI=1S/C9H10ClN5O3/c1-18-8-6(10)2-5(3-7(8)15(16)17)4-13-14-9(11)12/h2-4H,1H3,(H4,11,12,14). The van der Waals surface area contributed by atoms with Crippen LogP contribution in [0, 0.1) is 15.5 Å². The van der Waals surface area contributed by atoms with Gasteiger partial charge in [-0.1, -0.05) is 11.6 Å². The number of methoxy groups -OCH3 is 1.